The van der Waals surface area contributed by atoms with Crippen molar-refractivity contribution < 1.29 is 64.7 Å². The Labute approximate surface area is 195 Å². The van der Waals surface area contributed by atoms with Crippen LogP contribution in [0.1, 0.15) is 27.2 Å². The van der Waals surface area contributed by atoms with E-state index in [1.165, 1.54) is 0 Å². The van der Waals surface area contributed by atoms with Crippen molar-refractivity contribution in [2.45, 2.75) is 88.3 Å². The van der Waals surface area contributed by atoms with Crippen LogP contribution in [-0.2, 0) is 23.9 Å². The molecule has 2 rings (SSSR count). The van der Waals surface area contributed by atoms with Gasteiger partial charge in [-0.25, -0.2) is 0 Å². The Morgan fingerprint density at radius 2 is 1.18 bits per heavy atom. The van der Waals surface area contributed by atoms with E-state index in [0.29, 0.717) is 0 Å². The van der Waals surface area contributed by atoms with Crippen LogP contribution < -0.4 is 17.2 Å². The predicted molar refractivity (Wildman–Crippen MR) is 113 cm³/mol. The van der Waals surface area contributed by atoms with Crippen molar-refractivity contribution in [2.75, 3.05) is 6.54 Å². The van der Waals surface area contributed by atoms with Gasteiger partial charge in [0.2, 0.25) is 0 Å². The van der Waals surface area contributed by atoms with E-state index in [0.717, 1.165) is 20.8 Å². The van der Waals surface area contributed by atoms with Gasteiger partial charge in [0.1, 0.15) is 36.6 Å². The lowest BCUT2D eigenvalue weighted by molar-refractivity contribution is -0.318. The Hall–Kier alpha value is -1.99. The molecule has 202 valence electrons. The van der Waals surface area contributed by atoms with Crippen LogP contribution in [0.15, 0.2) is 0 Å². The molecule has 1 aliphatic heterocycles. The van der Waals surface area contributed by atoms with Crippen molar-refractivity contribution in [1.29, 1.82) is 0 Å². The van der Waals surface area contributed by atoms with Crippen molar-refractivity contribution in [2.24, 2.45) is 17.2 Å². The van der Waals surface area contributed by atoms with E-state index in [1.54, 1.807) is 0 Å². The first-order valence-electron chi connectivity index (χ1n) is 9.98. The SMILES string of the molecule is CC(=O)O.CC(=O)O.CC(=O)O.NC[C@@H]1O[C@@H](O[C@H]2[C@H](O)[C@@H](O)[C@H](N)C[C@@H]2N)[C@@H](O)[C@H](O)[C@H]1O. The lowest BCUT2D eigenvalue weighted by Crippen LogP contribution is -2.65. The summed E-state index contributed by atoms with van der Waals surface area (Å²) in [5.74, 6) is -2.50. The Morgan fingerprint density at radius 1 is 0.765 bits per heavy atom. The lowest BCUT2D eigenvalue weighted by atomic mass is 9.84. The molecular formula is C18H37N3O13. The fourth-order valence-electron chi connectivity index (χ4n) is 2.85. The monoisotopic (exact) mass is 503 g/mol. The molecule has 0 aromatic rings. The van der Waals surface area contributed by atoms with Gasteiger partial charge in [0.25, 0.3) is 17.9 Å². The average molecular weight is 504 g/mol. The van der Waals surface area contributed by atoms with Crippen LogP contribution in [0.3, 0.4) is 0 Å². The molecule has 14 N–H and O–H groups in total. The number of hydrogen-bond acceptors (Lipinski definition) is 13. The van der Waals surface area contributed by atoms with E-state index in [1.807, 2.05) is 0 Å². The highest BCUT2D eigenvalue weighted by molar-refractivity contribution is 5.63. The number of carboxylic acids is 3. The number of aliphatic carboxylic acids is 3. The largest absolute Gasteiger partial charge is 0.481 e. The summed E-state index contributed by atoms with van der Waals surface area (Å²) in [4.78, 5) is 27.0. The molecule has 1 saturated heterocycles. The first-order valence-corrected chi connectivity index (χ1v) is 9.98. The Bertz CT molecular complexity index is 583. The molecule has 0 radical (unpaired) electrons. The average Bonchev–Trinajstić information content (AvgIpc) is 2.68. The highest BCUT2D eigenvalue weighted by Gasteiger charge is 2.48. The normalized spacial score (nSPS) is 36.8. The van der Waals surface area contributed by atoms with E-state index in [9.17, 15) is 25.5 Å². The van der Waals surface area contributed by atoms with Gasteiger partial charge in [-0.3, -0.25) is 14.4 Å². The van der Waals surface area contributed by atoms with Gasteiger partial charge in [0.05, 0.1) is 6.10 Å². The zero-order valence-corrected chi connectivity index (χ0v) is 19.0. The minimum Gasteiger partial charge on any atom is -0.481 e. The first kappa shape index (κ1) is 34.2. The summed E-state index contributed by atoms with van der Waals surface area (Å²) in [6, 6.07) is -1.38. The molecule has 1 heterocycles. The molecule has 0 bridgehead atoms. The number of carbonyl (C=O) groups is 3. The molecule has 16 heteroatoms. The maximum absolute atomic E-state index is 10.0. The third-order valence-electron chi connectivity index (χ3n) is 4.28. The Kier molecular flexibility index (Phi) is 16.7. The molecular weight excluding hydrogens is 466 g/mol. The number of rotatable bonds is 3. The van der Waals surface area contributed by atoms with Crippen LogP contribution in [0.5, 0.6) is 0 Å². The summed E-state index contributed by atoms with van der Waals surface area (Å²) in [5.41, 5.74) is 16.9. The number of hydrogen-bond donors (Lipinski definition) is 11. The van der Waals surface area contributed by atoms with Crippen LogP contribution in [0.2, 0.25) is 0 Å². The molecule has 0 aromatic carbocycles. The van der Waals surface area contributed by atoms with Crippen molar-refractivity contribution >= 4 is 17.9 Å². The molecule has 2 aliphatic rings. The molecule has 34 heavy (non-hydrogen) atoms. The van der Waals surface area contributed by atoms with E-state index >= 15 is 0 Å². The summed E-state index contributed by atoms with van der Waals surface area (Å²) in [6.07, 6.45) is -10.1. The number of aliphatic hydroxyl groups excluding tert-OH is 5. The number of carboxylic acid groups (broad SMARTS) is 3. The summed E-state index contributed by atoms with van der Waals surface area (Å²) in [7, 11) is 0. The highest BCUT2D eigenvalue weighted by atomic mass is 16.7. The van der Waals surface area contributed by atoms with Gasteiger partial charge in [-0.2, -0.15) is 0 Å². The summed E-state index contributed by atoms with van der Waals surface area (Å²) in [5, 5.41) is 71.5. The van der Waals surface area contributed by atoms with Crippen LogP contribution in [0.4, 0.5) is 0 Å². The Morgan fingerprint density at radius 3 is 1.56 bits per heavy atom. The highest BCUT2D eigenvalue weighted by Crippen LogP contribution is 2.27. The molecule has 0 aromatic heterocycles. The minimum absolute atomic E-state index is 0.0996. The summed E-state index contributed by atoms with van der Waals surface area (Å²) < 4.78 is 10.8. The molecule has 10 atom stereocenters. The van der Waals surface area contributed by atoms with Gasteiger partial charge < -0.3 is 67.5 Å². The molecule has 16 nitrogen and oxygen atoms in total. The summed E-state index contributed by atoms with van der Waals surface area (Å²) in [6.45, 7) is 3.15. The van der Waals surface area contributed by atoms with Crippen LogP contribution in [0.25, 0.3) is 0 Å². The van der Waals surface area contributed by atoms with Crippen molar-refractivity contribution in [3.05, 3.63) is 0 Å². The van der Waals surface area contributed by atoms with Gasteiger partial charge in [0.15, 0.2) is 6.29 Å². The number of aliphatic hydroxyl groups is 5. The van der Waals surface area contributed by atoms with Crippen LogP contribution in [0, 0.1) is 0 Å². The molecule has 1 aliphatic carbocycles. The lowest BCUT2D eigenvalue weighted by Gasteiger charge is -2.45. The second-order valence-corrected chi connectivity index (χ2v) is 7.45. The van der Waals surface area contributed by atoms with E-state index in [4.69, 9.17) is 56.4 Å². The molecule has 0 unspecified atom stereocenters. The third-order valence-corrected chi connectivity index (χ3v) is 4.28. The van der Waals surface area contributed by atoms with E-state index in [-0.39, 0.29) is 13.0 Å². The first-order chi connectivity index (χ1) is 15.5. The zero-order valence-electron chi connectivity index (χ0n) is 19.0. The van der Waals surface area contributed by atoms with Gasteiger partial charge in [-0.1, -0.05) is 0 Å². The Balaban J connectivity index is 0. The van der Waals surface area contributed by atoms with Gasteiger partial charge in [-0.05, 0) is 6.42 Å². The van der Waals surface area contributed by atoms with Gasteiger partial charge in [-0.15, -0.1) is 0 Å². The fraction of sp³-hybridized carbons (Fsp3) is 0.833. The quantitative estimate of drug-likeness (QED) is 0.172. The minimum atomic E-state index is -1.55. The molecule has 2 fully saturated rings. The van der Waals surface area contributed by atoms with E-state index < -0.39 is 79.0 Å². The zero-order chi connectivity index (χ0) is 27.3. The van der Waals surface area contributed by atoms with Gasteiger partial charge in [0, 0.05) is 39.4 Å². The maximum Gasteiger partial charge on any atom is 0.300 e. The molecule has 0 spiro atoms. The topological polar surface area (TPSA) is 310 Å². The van der Waals surface area contributed by atoms with Crippen molar-refractivity contribution in [3.8, 4) is 0 Å². The predicted octanol–water partition coefficient (Wildman–Crippen LogP) is -4.81. The summed E-state index contributed by atoms with van der Waals surface area (Å²) >= 11 is 0. The third kappa shape index (κ3) is 13.0. The second-order valence-electron chi connectivity index (χ2n) is 7.45. The maximum atomic E-state index is 10.0. The van der Waals surface area contributed by atoms with E-state index in [2.05, 4.69) is 0 Å². The van der Waals surface area contributed by atoms with Crippen LogP contribution >= 0.6 is 0 Å². The molecule has 1 saturated carbocycles. The second kappa shape index (κ2) is 16.6. The smallest absolute Gasteiger partial charge is 0.300 e. The standard InChI is InChI=1S/C12H25N3O7.3C2H4O2/c13-2-5-7(17)8(18)10(20)12(21-5)22-11-4(15)1-3(14)6(16)9(11)19;3*1-2(3)4/h3-12,16-20H,1-2,13-15H2;3*1H3,(H,3,4)/t3-,4+,5+,6+,7+,8-,9-,10+,11-,12+;;;/m1.../s1. The number of nitrogens with two attached hydrogens (primary N) is 3. The van der Waals surface area contributed by atoms with Crippen molar-refractivity contribution in [3.63, 3.8) is 0 Å². The fourth-order valence-corrected chi connectivity index (χ4v) is 2.85. The van der Waals surface area contributed by atoms with Crippen molar-refractivity contribution in [1.82, 2.24) is 0 Å². The van der Waals surface area contributed by atoms with Gasteiger partial charge >= 0.3 is 0 Å². The number of ether oxygens (including phenoxy) is 2. The molecule has 0 amide bonds. The van der Waals surface area contributed by atoms with Crippen LogP contribution in [-0.4, -0.2) is 126 Å².